The number of hydrogen-bond acceptors (Lipinski definition) is 3. The Balaban J connectivity index is 1.32. The lowest BCUT2D eigenvalue weighted by atomic mass is 9.96. The molecule has 1 amide bonds. The number of benzene rings is 2. The fourth-order valence-corrected chi connectivity index (χ4v) is 4.57. The highest BCUT2D eigenvalue weighted by atomic mass is 16.2. The van der Waals surface area contributed by atoms with E-state index in [9.17, 15) is 4.79 Å². The van der Waals surface area contributed by atoms with Gasteiger partial charge in [-0.2, -0.15) is 5.10 Å². The second-order valence-electron chi connectivity index (χ2n) is 8.67. The maximum absolute atomic E-state index is 13.1. The minimum Gasteiger partial charge on any atom is -0.341 e. The molecule has 0 aliphatic carbocycles. The van der Waals surface area contributed by atoms with E-state index in [0.29, 0.717) is 11.5 Å². The van der Waals surface area contributed by atoms with E-state index in [0.717, 1.165) is 38.3 Å². The van der Waals surface area contributed by atoms with Crippen molar-refractivity contribution in [2.45, 2.75) is 26.2 Å². The van der Waals surface area contributed by atoms with Crippen LogP contribution >= 0.6 is 0 Å². The van der Waals surface area contributed by atoms with Crippen molar-refractivity contribution in [1.29, 1.82) is 0 Å². The van der Waals surface area contributed by atoms with Crippen LogP contribution in [0.5, 0.6) is 0 Å². The van der Waals surface area contributed by atoms with Gasteiger partial charge in [0.15, 0.2) is 0 Å². The average molecular weight is 417 g/mol. The third-order valence-electron chi connectivity index (χ3n) is 6.30. The Labute approximate surface area is 185 Å². The molecule has 0 radical (unpaired) electrons. The van der Waals surface area contributed by atoms with Crippen molar-refractivity contribution in [3.05, 3.63) is 83.7 Å². The van der Waals surface area contributed by atoms with Gasteiger partial charge in [0, 0.05) is 44.6 Å². The largest absolute Gasteiger partial charge is 0.341 e. The van der Waals surface area contributed by atoms with Crippen LogP contribution in [0.25, 0.3) is 5.69 Å². The maximum atomic E-state index is 13.1. The predicted molar refractivity (Wildman–Crippen MR) is 125 cm³/mol. The number of piperidine rings is 1. The van der Waals surface area contributed by atoms with E-state index in [2.05, 4.69) is 41.2 Å². The Morgan fingerprint density at radius 2 is 2.03 bits per heavy atom. The number of rotatable bonds is 7. The molecule has 3 aromatic rings. The predicted octanol–water partition coefficient (Wildman–Crippen LogP) is 4.21. The highest BCUT2D eigenvalue weighted by Gasteiger charge is 2.23. The van der Waals surface area contributed by atoms with Crippen LogP contribution in [-0.2, 0) is 6.42 Å². The minimum atomic E-state index is 0.0750. The van der Waals surface area contributed by atoms with Crippen molar-refractivity contribution in [3.8, 4) is 5.69 Å². The first-order valence-electron chi connectivity index (χ1n) is 11.2. The second-order valence-corrected chi connectivity index (χ2v) is 8.67. The van der Waals surface area contributed by atoms with Crippen LogP contribution in [-0.4, -0.2) is 58.7 Å². The molecule has 2 heterocycles. The SMILES string of the molecule is Cc1ccccc1CCN1CCC[C@H](CN(C)C(=O)c2cccc(-n3cccn3)c2)C1. The third kappa shape index (κ3) is 5.42. The fraction of sp³-hybridized carbons (Fsp3) is 0.385. The summed E-state index contributed by atoms with van der Waals surface area (Å²) in [6.45, 7) is 6.30. The summed E-state index contributed by atoms with van der Waals surface area (Å²) in [5, 5.41) is 4.26. The molecule has 1 aliphatic rings. The number of nitrogens with zero attached hydrogens (tertiary/aromatic N) is 4. The van der Waals surface area contributed by atoms with Crippen molar-refractivity contribution in [2.75, 3.05) is 33.2 Å². The summed E-state index contributed by atoms with van der Waals surface area (Å²) in [5.74, 6) is 0.597. The standard InChI is InChI=1S/C26H32N4O/c1-21-8-3-4-10-23(21)13-17-29-15-6-9-22(20-29)19-28(2)26(31)24-11-5-12-25(18-24)30-16-7-14-27-30/h3-5,7-8,10-12,14,16,18,22H,6,9,13,15,17,19-20H2,1-2H3/t22-/m1/s1. The Bertz CT molecular complexity index is 998. The van der Waals surface area contributed by atoms with Gasteiger partial charge in [0.05, 0.1) is 5.69 Å². The van der Waals surface area contributed by atoms with Crippen LogP contribution in [0.1, 0.15) is 34.3 Å². The molecule has 0 unspecified atom stereocenters. The Morgan fingerprint density at radius 1 is 1.16 bits per heavy atom. The van der Waals surface area contributed by atoms with Crippen LogP contribution < -0.4 is 0 Å². The van der Waals surface area contributed by atoms with E-state index in [1.165, 1.54) is 24.0 Å². The van der Waals surface area contributed by atoms with Gasteiger partial charge in [0.1, 0.15) is 0 Å². The third-order valence-corrected chi connectivity index (χ3v) is 6.30. The van der Waals surface area contributed by atoms with Crippen molar-refractivity contribution in [1.82, 2.24) is 19.6 Å². The van der Waals surface area contributed by atoms with Crippen molar-refractivity contribution < 1.29 is 4.79 Å². The van der Waals surface area contributed by atoms with E-state index < -0.39 is 0 Å². The van der Waals surface area contributed by atoms with Gasteiger partial charge >= 0.3 is 0 Å². The normalized spacial score (nSPS) is 16.9. The summed E-state index contributed by atoms with van der Waals surface area (Å²) in [6, 6.07) is 18.2. The van der Waals surface area contributed by atoms with E-state index in [4.69, 9.17) is 0 Å². The van der Waals surface area contributed by atoms with Crippen LogP contribution in [0.4, 0.5) is 0 Å². The summed E-state index contributed by atoms with van der Waals surface area (Å²) in [4.78, 5) is 17.5. The second kappa shape index (κ2) is 9.92. The smallest absolute Gasteiger partial charge is 0.253 e. The molecule has 1 atom stereocenters. The van der Waals surface area contributed by atoms with Gasteiger partial charge in [-0.05, 0) is 74.0 Å². The minimum absolute atomic E-state index is 0.0750. The summed E-state index contributed by atoms with van der Waals surface area (Å²) >= 11 is 0. The topological polar surface area (TPSA) is 41.4 Å². The van der Waals surface area contributed by atoms with E-state index in [1.54, 1.807) is 10.9 Å². The molecule has 31 heavy (non-hydrogen) atoms. The Morgan fingerprint density at radius 3 is 2.84 bits per heavy atom. The van der Waals surface area contributed by atoms with Gasteiger partial charge in [-0.15, -0.1) is 0 Å². The Kier molecular flexibility index (Phi) is 6.82. The molecule has 1 aliphatic heterocycles. The number of hydrogen-bond donors (Lipinski definition) is 0. The highest BCUT2D eigenvalue weighted by Crippen LogP contribution is 2.20. The van der Waals surface area contributed by atoms with Gasteiger partial charge in [-0.3, -0.25) is 4.79 Å². The van der Waals surface area contributed by atoms with Crippen LogP contribution in [0.3, 0.4) is 0 Å². The molecule has 2 aromatic carbocycles. The first-order chi connectivity index (χ1) is 15.1. The lowest BCUT2D eigenvalue weighted by molar-refractivity contribution is 0.0730. The molecular weight excluding hydrogens is 384 g/mol. The zero-order valence-corrected chi connectivity index (χ0v) is 18.6. The van der Waals surface area contributed by atoms with Gasteiger partial charge in [0.2, 0.25) is 0 Å². The quantitative estimate of drug-likeness (QED) is 0.579. The van der Waals surface area contributed by atoms with Gasteiger partial charge in [-0.25, -0.2) is 4.68 Å². The molecule has 1 fully saturated rings. The summed E-state index contributed by atoms with van der Waals surface area (Å²) in [6.07, 6.45) is 7.12. The Hall–Kier alpha value is -2.92. The number of carbonyl (C=O) groups is 1. The van der Waals surface area contributed by atoms with Gasteiger partial charge in [-0.1, -0.05) is 30.3 Å². The summed E-state index contributed by atoms with van der Waals surface area (Å²) in [7, 11) is 1.93. The number of carbonyl (C=O) groups excluding carboxylic acids is 1. The van der Waals surface area contributed by atoms with Crippen LogP contribution in [0.2, 0.25) is 0 Å². The average Bonchev–Trinajstić information content (AvgIpc) is 3.33. The molecular formula is C26H32N4O. The number of likely N-dealkylation sites (tertiary alicyclic amines) is 1. The summed E-state index contributed by atoms with van der Waals surface area (Å²) < 4.78 is 1.78. The molecule has 0 N–H and O–H groups in total. The molecule has 1 saturated heterocycles. The molecule has 0 saturated carbocycles. The van der Waals surface area contributed by atoms with E-state index in [1.807, 2.05) is 48.5 Å². The molecule has 0 bridgehead atoms. The molecule has 4 rings (SSSR count). The van der Waals surface area contributed by atoms with Crippen molar-refractivity contribution >= 4 is 5.91 Å². The summed E-state index contributed by atoms with van der Waals surface area (Å²) in [5.41, 5.74) is 4.43. The van der Waals surface area contributed by atoms with Crippen molar-refractivity contribution in [3.63, 3.8) is 0 Å². The zero-order valence-electron chi connectivity index (χ0n) is 18.6. The van der Waals surface area contributed by atoms with E-state index >= 15 is 0 Å². The highest BCUT2D eigenvalue weighted by molar-refractivity contribution is 5.94. The molecule has 162 valence electrons. The van der Waals surface area contributed by atoms with Crippen LogP contribution in [0.15, 0.2) is 67.0 Å². The first-order valence-corrected chi connectivity index (χ1v) is 11.2. The monoisotopic (exact) mass is 416 g/mol. The number of aromatic nitrogens is 2. The fourth-order valence-electron chi connectivity index (χ4n) is 4.57. The molecule has 5 nitrogen and oxygen atoms in total. The lowest BCUT2D eigenvalue weighted by Crippen LogP contribution is -2.42. The zero-order chi connectivity index (χ0) is 21.6. The molecule has 1 aromatic heterocycles. The maximum Gasteiger partial charge on any atom is 0.253 e. The molecule has 5 heteroatoms. The van der Waals surface area contributed by atoms with E-state index in [-0.39, 0.29) is 5.91 Å². The first kappa shape index (κ1) is 21.3. The number of amides is 1. The van der Waals surface area contributed by atoms with Gasteiger partial charge < -0.3 is 9.80 Å². The van der Waals surface area contributed by atoms with Crippen molar-refractivity contribution in [2.24, 2.45) is 5.92 Å². The lowest BCUT2D eigenvalue weighted by Gasteiger charge is -2.35. The van der Waals surface area contributed by atoms with Crippen LogP contribution in [0, 0.1) is 12.8 Å². The van der Waals surface area contributed by atoms with Gasteiger partial charge in [0.25, 0.3) is 5.91 Å². The number of aryl methyl sites for hydroxylation is 1. The molecule has 0 spiro atoms.